The summed E-state index contributed by atoms with van der Waals surface area (Å²) in [5.41, 5.74) is 9.57. The molecule has 0 amide bonds. The Morgan fingerprint density at radius 1 is 0.444 bits per heavy atom. The summed E-state index contributed by atoms with van der Waals surface area (Å²) in [6.07, 6.45) is 0. The van der Waals surface area contributed by atoms with E-state index in [2.05, 4.69) is 126 Å². The number of para-hydroxylation sites is 3. The largest absolute Gasteiger partial charge is 0.456 e. The predicted molar refractivity (Wildman–Crippen MR) is 184 cm³/mol. The summed E-state index contributed by atoms with van der Waals surface area (Å²) in [6.45, 7) is 0. The molecule has 0 unspecified atom stereocenters. The third-order valence-electron chi connectivity index (χ3n) is 8.51. The van der Waals surface area contributed by atoms with Crippen molar-refractivity contribution in [2.24, 2.45) is 0 Å². The fourth-order valence-electron chi connectivity index (χ4n) is 6.37. The lowest BCUT2D eigenvalue weighted by atomic mass is 10.0. The van der Waals surface area contributed by atoms with Crippen LogP contribution in [0.2, 0.25) is 0 Å². The Morgan fingerprint density at radius 2 is 1.11 bits per heavy atom. The molecule has 4 heteroatoms. The van der Waals surface area contributed by atoms with Crippen molar-refractivity contribution < 1.29 is 8.83 Å². The number of benzene rings is 7. The monoisotopic (exact) mass is 578 g/mol. The van der Waals surface area contributed by atoms with E-state index in [-0.39, 0.29) is 0 Å². The van der Waals surface area contributed by atoms with E-state index in [0.29, 0.717) is 5.89 Å². The molecule has 45 heavy (non-hydrogen) atoms. The molecule has 4 nitrogen and oxygen atoms in total. The Morgan fingerprint density at radius 3 is 2.00 bits per heavy atom. The van der Waals surface area contributed by atoms with E-state index < -0.39 is 0 Å². The van der Waals surface area contributed by atoms with Gasteiger partial charge in [-0.1, -0.05) is 97.1 Å². The Hall–Kier alpha value is -6.13. The van der Waals surface area contributed by atoms with Crippen LogP contribution in [0.4, 0.5) is 17.1 Å². The van der Waals surface area contributed by atoms with Gasteiger partial charge in [0.15, 0.2) is 5.58 Å². The van der Waals surface area contributed by atoms with Gasteiger partial charge >= 0.3 is 0 Å². The topological polar surface area (TPSA) is 42.4 Å². The predicted octanol–water partition coefficient (Wildman–Crippen LogP) is 11.7. The summed E-state index contributed by atoms with van der Waals surface area (Å²) in [7, 11) is 0. The number of furan rings is 1. The molecule has 0 fully saturated rings. The maximum atomic E-state index is 6.50. The third kappa shape index (κ3) is 4.27. The lowest BCUT2D eigenvalue weighted by Gasteiger charge is -2.25. The van der Waals surface area contributed by atoms with Crippen molar-refractivity contribution in [2.75, 3.05) is 4.90 Å². The normalized spacial score (nSPS) is 11.6. The minimum absolute atomic E-state index is 0.627. The second-order valence-corrected chi connectivity index (χ2v) is 11.2. The van der Waals surface area contributed by atoms with Crippen LogP contribution in [-0.4, -0.2) is 4.98 Å². The first kappa shape index (κ1) is 25.4. The molecule has 0 spiro atoms. The van der Waals surface area contributed by atoms with Crippen molar-refractivity contribution >= 4 is 60.9 Å². The third-order valence-corrected chi connectivity index (χ3v) is 8.51. The van der Waals surface area contributed by atoms with Gasteiger partial charge < -0.3 is 13.7 Å². The van der Waals surface area contributed by atoms with Gasteiger partial charge in [0, 0.05) is 45.0 Å². The van der Waals surface area contributed by atoms with Gasteiger partial charge in [-0.05, 0) is 70.9 Å². The van der Waals surface area contributed by atoms with Crippen LogP contribution in [-0.2, 0) is 0 Å². The van der Waals surface area contributed by atoms with Crippen molar-refractivity contribution in [1.82, 2.24) is 4.98 Å². The van der Waals surface area contributed by atoms with Gasteiger partial charge in [0.1, 0.15) is 16.7 Å². The van der Waals surface area contributed by atoms with Crippen LogP contribution >= 0.6 is 0 Å². The van der Waals surface area contributed by atoms with Gasteiger partial charge in [0.2, 0.25) is 5.89 Å². The molecular formula is C41H26N2O2. The van der Waals surface area contributed by atoms with Gasteiger partial charge in [0.05, 0.1) is 0 Å². The lowest BCUT2D eigenvalue weighted by molar-refractivity contribution is 0.621. The van der Waals surface area contributed by atoms with E-state index >= 15 is 0 Å². The fourth-order valence-corrected chi connectivity index (χ4v) is 6.37. The summed E-state index contributed by atoms with van der Waals surface area (Å²) in [4.78, 5) is 7.16. The van der Waals surface area contributed by atoms with Crippen LogP contribution in [0, 0.1) is 0 Å². The minimum Gasteiger partial charge on any atom is -0.456 e. The smallest absolute Gasteiger partial charge is 0.227 e. The van der Waals surface area contributed by atoms with E-state index in [4.69, 9.17) is 13.8 Å². The van der Waals surface area contributed by atoms with E-state index in [1.165, 1.54) is 0 Å². The highest BCUT2D eigenvalue weighted by molar-refractivity contribution is 6.06. The molecule has 2 heterocycles. The Labute approximate surface area is 259 Å². The molecule has 0 atom stereocenters. The number of rotatable bonds is 5. The molecular weight excluding hydrogens is 552 g/mol. The van der Waals surface area contributed by atoms with Gasteiger partial charge in [-0.15, -0.1) is 0 Å². The van der Waals surface area contributed by atoms with Crippen LogP contribution in [0.15, 0.2) is 167 Å². The average molecular weight is 579 g/mol. The van der Waals surface area contributed by atoms with E-state index in [1.54, 1.807) is 0 Å². The SMILES string of the molecule is c1ccc(N(c2ccc(-c3cccc4nc(-c5cccc6ccccc56)oc34)cc2)c2ccc3c(c2)oc2ccccc23)cc1. The molecule has 2 aromatic heterocycles. The highest BCUT2D eigenvalue weighted by Crippen LogP contribution is 2.40. The first-order chi connectivity index (χ1) is 22.3. The molecule has 212 valence electrons. The number of aromatic nitrogens is 1. The molecule has 9 rings (SSSR count). The van der Waals surface area contributed by atoms with E-state index in [9.17, 15) is 0 Å². The zero-order valence-corrected chi connectivity index (χ0v) is 24.2. The van der Waals surface area contributed by atoms with Gasteiger partial charge in [-0.3, -0.25) is 0 Å². The van der Waals surface area contributed by atoms with Crippen molar-refractivity contribution in [2.45, 2.75) is 0 Å². The molecule has 0 saturated heterocycles. The summed E-state index contributed by atoms with van der Waals surface area (Å²) in [6, 6.07) is 54.4. The number of oxazole rings is 1. The van der Waals surface area contributed by atoms with Crippen LogP contribution in [0.3, 0.4) is 0 Å². The van der Waals surface area contributed by atoms with Crippen LogP contribution in [0.25, 0.3) is 66.4 Å². The highest BCUT2D eigenvalue weighted by atomic mass is 16.3. The number of hydrogen-bond donors (Lipinski definition) is 0. The average Bonchev–Trinajstić information content (AvgIpc) is 3.70. The van der Waals surface area contributed by atoms with E-state index in [0.717, 1.165) is 77.6 Å². The first-order valence-corrected chi connectivity index (χ1v) is 15.0. The van der Waals surface area contributed by atoms with Crippen molar-refractivity contribution in [3.8, 4) is 22.6 Å². The molecule has 7 aromatic carbocycles. The molecule has 0 aliphatic carbocycles. The number of hydrogen-bond acceptors (Lipinski definition) is 4. The van der Waals surface area contributed by atoms with E-state index in [1.807, 2.05) is 36.4 Å². The van der Waals surface area contributed by atoms with Crippen LogP contribution in [0.1, 0.15) is 0 Å². The quantitative estimate of drug-likeness (QED) is 0.204. The Balaban J connectivity index is 1.13. The lowest BCUT2D eigenvalue weighted by Crippen LogP contribution is -2.09. The zero-order chi connectivity index (χ0) is 29.7. The van der Waals surface area contributed by atoms with Gasteiger partial charge in [0.25, 0.3) is 0 Å². The molecule has 9 aromatic rings. The standard InChI is InChI=1S/C41H26N2O2/c1-2-12-29(13-3-1)43(31-24-25-35-34-15-6-7-19-38(34)44-39(35)26-31)30-22-20-28(21-23-30)33-16-9-18-37-40(33)45-41(42-37)36-17-8-11-27-10-4-5-14-32(27)36/h1-26H. The number of fused-ring (bicyclic) bond motifs is 5. The van der Waals surface area contributed by atoms with Gasteiger partial charge in [-0.25, -0.2) is 4.98 Å². The Bertz CT molecular complexity index is 2490. The molecule has 0 radical (unpaired) electrons. The minimum atomic E-state index is 0.627. The maximum absolute atomic E-state index is 6.50. The van der Waals surface area contributed by atoms with Crippen LogP contribution < -0.4 is 4.90 Å². The molecule has 0 N–H and O–H groups in total. The zero-order valence-electron chi connectivity index (χ0n) is 24.2. The fraction of sp³-hybridized carbons (Fsp3) is 0. The molecule has 0 saturated carbocycles. The summed E-state index contributed by atoms with van der Waals surface area (Å²) in [5, 5.41) is 4.52. The van der Waals surface area contributed by atoms with Gasteiger partial charge in [-0.2, -0.15) is 0 Å². The second kappa shape index (κ2) is 10.2. The highest BCUT2D eigenvalue weighted by Gasteiger charge is 2.18. The molecule has 0 aliphatic rings. The Kier molecular flexibility index (Phi) is 5.78. The van der Waals surface area contributed by atoms with Crippen molar-refractivity contribution in [3.63, 3.8) is 0 Å². The summed E-state index contributed by atoms with van der Waals surface area (Å²) in [5.74, 6) is 0.627. The number of nitrogens with zero attached hydrogens (tertiary/aromatic N) is 2. The van der Waals surface area contributed by atoms with Crippen LogP contribution in [0.5, 0.6) is 0 Å². The summed E-state index contributed by atoms with van der Waals surface area (Å²) < 4.78 is 12.7. The number of anilines is 3. The molecule has 0 bridgehead atoms. The van der Waals surface area contributed by atoms with Crippen molar-refractivity contribution in [1.29, 1.82) is 0 Å². The van der Waals surface area contributed by atoms with Crippen molar-refractivity contribution in [3.05, 3.63) is 158 Å². The first-order valence-electron chi connectivity index (χ1n) is 15.0. The second-order valence-electron chi connectivity index (χ2n) is 11.2. The molecule has 0 aliphatic heterocycles. The maximum Gasteiger partial charge on any atom is 0.227 e. The summed E-state index contributed by atoms with van der Waals surface area (Å²) >= 11 is 0.